The van der Waals surface area contributed by atoms with Gasteiger partial charge in [0.15, 0.2) is 0 Å². The minimum absolute atomic E-state index is 0.274. The van der Waals surface area contributed by atoms with Gasteiger partial charge in [-0.3, -0.25) is 4.72 Å². The molecule has 0 saturated carbocycles. The molecule has 0 saturated heterocycles. The topological polar surface area (TPSA) is 46.2 Å². The minimum atomic E-state index is -3.51. The Labute approximate surface area is 114 Å². The third kappa shape index (κ3) is 3.15. The van der Waals surface area contributed by atoms with Crippen LogP contribution in [0.4, 0.5) is 5.69 Å². The molecule has 19 heavy (non-hydrogen) atoms. The number of hydrogen-bond acceptors (Lipinski definition) is 2. The molecule has 0 aliphatic heterocycles. The number of hydrogen-bond donors (Lipinski definition) is 1. The molecule has 0 radical (unpaired) electrons. The Morgan fingerprint density at radius 1 is 1.05 bits per heavy atom. The highest BCUT2D eigenvalue weighted by Gasteiger charge is 2.14. The number of rotatable bonds is 4. The van der Waals surface area contributed by atoms with Crippen LogP contribution in [0.25, 0.3) is 0 Å². The molecule has 0 fully saturated rings. The predicted molar refractivity (Wildman–Crippen MR) is 77.8 cm³/mol. The lowest BCUT2D eigenvalue weighted by Gasteiger charge is -2.11. The van der Waals surface area contributed by atoms with Crippen LogP contribution in [-0.2, 0) is 16.4 Å². The summed E-state index contributed by atoms with van der Waals surface area (Å²) in [5.74, 6) is 0. The van der Waals surface area contributed by atoms with Gasteiger partial charge in [-0.2, -0.15) is 0 Å². The summed E-state index contributed by atoms with van der Waals surface area (Å²) in [6.45, 7) is 3.93. The van der Waals surface area contributed by atoms with Gasteiger partial charge in [-0.1, -0.05) is 37.3 Å². The summed E-state index contributed by atoms with van der Waals surface area (Å²) in [5.41, 5.74) is 2.66. The maximum Gasteiger partial charge on any atom is 0.261 e. The molecule has 0 bridgehead atoms. The van der Waals surface area contributed by atoms with E-state index in [0.717, 1.165) is 17.5 Å². The average molecular weight is 275 g/mol. The number of sulfonamides is 1. The first-order valence-corrected chi connectivity index (χ1v) is 7.68. The maximum atomic E-state index is 12.2. The van der Waals surface area contributed by atoms with E-state index in [-0.39, 0.29) is 4.90 Å². The van der Waals surface area contributed by atoms with Crippen LogP contribution in [0.1, 0.15) is 18.1 Å². The quantitative estimate of drug-likeness (QED) is 0.930. The van der Waals surface area contributed by atoms with E-state index in [0.29, 0.717) is 5.69 Å². The summed E-state index contributed by atoms with van der Waals surface area (Å²) in [6, 6.07) is 14.2. The van der Waals surface area contributed by atoms with E-state index in [2.05, 4.69) is 4.72 Å². The van der Waals surface area contributed by atoms with E-state index < -0.39 is 10.0 Å². The lowest BCUT2D eigenvalue weighted by molar-refractivity contribution is 0.601. The summed E-state index contributed by atoms with van der Waals surface area (Å²) < 4.78 is 27.1. The highest BCUT2D eigenvalue weighted by atomic mass is 32.2. The molecule has 1 N–H and O–H groups in total. The highest BCUT2D eigenvalue weighted by molar-refractivity contribution is 7.92. The Bertz CT molecular complexity index is 664. The van der Waals surface area contributed by atoms with Gasteiger partial charge in [0.05, 0.1) is 10.6 Å². The van der Waals surface area contributed by atoms with Crippen molar-refractivity contribution in [3.8, 4) is 0 Å². The molecular formula is C15H17NO2S. The van der Waals surface area contributed by atoms with Crippen molar-refractivity contribution in [3.63, 3.8) is 0 Å². The molecule has 4 heteroatoms. The van der Waals surface area contributed by atoms with Gasteiger partial charge in [0.1, 0.15) is 0 Å². The van der Waals surface area contributed by atoms with Crippen molar-refractivity contribution in [2.24, 2.45) is 0 Å². The van der Waals surface area contributed by atoms with Crippen molar-refractivity contribution < 1.29 is 8.42 Å². The molecule has 2 rings (SSSR count). The minimum Gasteiger partial charge on any atom is -0.279 e. The summed E-state index contributed by atoms with van der Waals surface area (Å²) >= 11 is 0. The van der Waals surface area contributed by atoms with Crippen molar-refractivity contribution in [3.05, 3.63) is 59.7 Å². The van der Waals surface area contributed by atoms with Crippen LogP contribution in [0.5, 0.6) is 0 Å². The molecule has 0 heterocycles. The third-order valence-electron chi connectivity index (χ3n) is 3.01. The Morgan fingerprint density at radius 2 is 1.74 bits per heavy atom. The Balaban J connectivity index is 2.36. The number of aryl methyl sites for hydroxylation is 2. The molecule has 0 spiro atoms. The summed E-state index contributed by atoms with van der Waals surface area (Å²) in [7, 11) is -3.51. The molecule has 0 aliphatic carbocycles. The molecule has 0 aromatic heterocycles. The van der Waals surface area contributed by atoms with Gasteiger partial charge in [-0.25, -0.2) is 8.42 Å². The smallest absolute Gasteiger partial charge is 0.261 e. The lowest BCUT2D eigenvalue weighted by Crippen LogP contribution is -2.13. The van der Waals surface area contributed by atoms with Crippen LogP contribution in [-0.4, -0.2) is 8.42 Å². The van der Waals surface area contributed by atoms with E-state index in [4.69, 9.17) is 0 Å². The summed E-state index contributed by atoms with van der Waals surface area (Å²) in [6.07, 6.45) is 0.875. The van der Waals surface area contributed by atoms with Crippen molar-refractivity contribution in [1.29, 1.82) is 0 Å². The van der Waals surface area contributed by atoms with Gasteiger partial charge in [-0.15, -0.1) is 0 Å². The lowest BCUT2D eigenvalue weighted by atomic mass is 10.1. The second kappa shape index (κ2) is 5.45. The number of nitrogens with one attached hydrogen (secondary N) is 1. The zero-order chi connectivity index (χ0) is 13.9. The van der Waals surface area contributed by atoms with Crippen LogP contribution in [0.15, 0.2) is 53.4 Å². The van der Waals surface area contributed by atoms with Crippen LogP contribution in [0.2, 0.25) is 0 Å². The van der Waals surface area contributed by atoms with E-state index in [1.54, 1.807) is 30.3 Å². The van der Waals surface area contributed by atoms with Crippen molar-refractivity contribution >= 4 is 15.7 Å². The van der Waals surface area contributed by atoms with Crippen molar-refractivity contribution in [1.82, 2.24) is 0 Å². The molecular weight excluding hydrogens is 258 g/mol. The molecule has 0 atom stereocenters. The van der Waals surface area contributed by atoms with Gasteiger partial charge in [0, 0.05) is 0 Å². The molecule has 3 nitrogen and oxygen atoms in total. The standard InChI is InChI=1S/C15H17NO2S/c1-3-13-10-9-12(2)15(11-13)16-19(17,18)14-7-5-4-6-8-14/h4-11,16H,3H2,1-2H3. The van der Waals surface area contributed by atoms with Crippen molar-refractivity contribution in [2.75, 3.05) is 4.72 Å². The van der Waals surface area contributed by atoms with Gasteiger partial charge < -0.3 is 0 Å². The molecule has 100 valence electrons. The molecule has 2 aromatic rings. The third-order valence-corrected chi connectivity index (χ3v) is 4.39. The van der Waals surface area contributed by atoms with Crippen molar-refractivity contribution in [2.45, 2.75) is 25.2 Å². The van der Waals surface area contributed by atoms with Crippen LogP contribution in [0.3, 0.4) is 0 Å². The maximum absolute atomic E-state index is 12.2. The van der Waals surface area contributed by atoms with E-state index >= 15 is 0 Å². The SMILES string of the molecule is CCc1ccc(C)c(NS(=O)(=O)c2ccccc2)c1. The molecule has 2 aromatic carbocycles. The first kappa shape index (κ1) is 13.6. The Kier molecular flexibility index (Phi) is 3.90. The van der Waals surface area contributed by atoms with Gasteiger partial charge in [0.25, 0.3) is 10.0 Å². The summed E-state index contributed by atoms with van der Waals surface area (Å²) in [5, 5.41) is 0. The fourth-order valence-corrected chi connectivity index (χ4v) is 2.95. The Hall–Kier alpha value is -1.81. The van der Waals surface area contributed by atoms with E-state index in [1.807, 2.05) is 32.0 Å². The normalized spacial score (nSPS) is 11.3. The van der Waals surface area contributed by atoms with Gasteiger partial charge in [-0.05, 0) is 42.7 Å². The number of benzene rings is 2. The van der Waals surface area contributed by atoms with Crippen LogP contribution >= 0.6 is 0 Å². The van der Waals surface area contributed by atoms with E-state index in [9.17, 15) is 8.42 Å². The fourth-order valence-electron chi connectivity index (χ4n) is 1.80. The zero-order valence-corrected chi connectivity index (χ0v) is 11.9. The zero-order valence-electron chi connectivity index (χ0n) is 11.1. The first-order chi connectivity index (χ1) is 9.03. The first-order valence-electron chi connectivity index (χ1n) is 6.20. The predicted octanol–water partition coefficient (Wildman–Crippen LogP) is 3.36. The molecule has 0 amide bonds. The van der Waals surface area contributed by atoms with E-state index in [1.165, 1.54) is 0 Å². The fraction of sp³-hybridized carbons (Fsp3) is 0.200. The van der Waals surface area contributed by atoms with Gasteiger partial charge >= 0.3 is 0 Å². The second-order valence-electron chi connectivity index (χ2n) is 4.42. The van der Waals surface area contributed by atoms with Crippen LogP contribution in [0, 0.1) is 6.92 Å². The van der Waals surface area contributed by atoms with Crippen LogP contribution < -0.4 is 4.72 Å². The molecule has 0 unspecified atom stereocenters. The summed E-state index contributed by atoms with van der Waals surface area (Å²) in [4.78, 5) is 0.274. The Morgan fingerprint density at radius 3 is 2.37 bits per heavy atom. The largest absolute Gasteiger partial charge is 0.279 e. The monoisotopic (exact) mass is 275 g/mol. The van der Waals surface area contributed by atoms with Gasteiger partial charge in [0.2, 0.25) is 0 Å². The number of anilines is 1. The molecule has 0 aliphatic rings. The average Bonchev–Trinajstić information content (AvgIpc) is 2.42. The highest BCUT2D eigenvalue weighted by Crippen LogP contribution is 2.21. The second-order valence-corrected chi connectivity index (χ2v) is 6.10.